The Kier molecular flexibility index (Phi) is 5.17. The van der Waals surface area contributed by atoms with Crippen molar-refractivity contribution in [1.82, 2.24) is 15.2 Å². The molecule has 0 radical (unpaired) electrons. The Morgan fingerprint density at radius 1 is 1.46 bits per heavy atom. The summed E-state index contributed by atoms with van der Waals surface area (Å²) < 4.78 is 13.6. The van der Waals surface area contributed by atoms with Gasteiger partial charge in [-0.15, -0.1) is 0 Å². The Balaban J connectivity index is 1.66. The van der Waals surface area contributed by atoms with E-state index in [-0.39, 0.29) is 24.3 Å². The number of benzene rings is 1. The monoisotopic (exact) mass is 328 g/mol. The van der Waals surface area contributed by atoms with Crippen LogP contribution in [0.3, 0.4) is 0 Å². The Bertz CT molecular complexity index is 707. The maximum Gasteiger partial charge on any atom is 0.238 e. The van der Waals surface area contributed by atoms with Crippen molar-refractivity contribution in [3.63, 3.8) is 0 Å². The second-order valence-electron chi connectivity index (χ2n) is 5.99. The molecule has 24 heavy (non-hydrogen) atoms. The highest BCUT2D eigenvalue weighted by atomic mass is 19.1. The summed E-state index contributed by atoms with van der Waals surface area (Å²) in [6.07, 6.45) is 3.57. The van der Waals surface area contributed by atoms with Crippen LogP contribution >= 0.6 is 0 Å². The first-order valence-corrected chi connectivity index (χ1v) is 8.04. The summed E-state index contributed by atoms with van der Waals surface area (Å²) >= 11 is 0. The zero-order valence-electron chi connectivity index (χ0n) is 13.6. The maximum atomic E-state index is 13.6. The SMILES string of the molecule is Cc1ccc(NC(=O)CN2CCNCC2c2cccnc2)cc1F. The lowest BCUT2D eigenvalue weighted by Crippen LogP contribution is -2.48. The fraction of sp³-hybridized carbons (Fsp3) is 0.333. The highest BCUT2D eigenvalue weighted by Crippen LogP contribution is 2.21. The lowest BCUT2D eigenvalue weighted by Gasteiger charge is -2.35. The van der Waals surface area contributed by atoms with Crippen molar-refractivity contribution in [2.75, 3.05) is 31.5 Å². The molecule has 1 aliphatic rings. The van der Waals surface area contributed by atoms with E-state index in [2.05, 4.69) is 20.5 Å². The van der Waals surface area contributed by atoms with Crippen LogP contribution < -0.4 is 10.6 Å². The smallest absolute Gasteiger partial charge is 0.238 e. The molecule has 1 fully saturated rings. The summed E-state index contributed by atoms with van der Waals surface area (Å²) in [5.74, 6) is -0.461. The molecule has 1 amide bonds. The highest BCUT2D eigenvalue weighted by Gasteiger charge is 2.25. The number of rotatable bonds is 4. The maximum absolute atomic E-state index is 13.6. The first kappa shape index (κ1) is 16.5. The van der Waals surface area contributed by atoms with Gasteiger partial charge in [0.1, 0.15) is 5.82 Å². The quantitative estimate of drug-likeness (QED) is 0.903. The second-order valence-corrected chi connectivity index (χ2v) is 5.99. The molecule has 0 spiro atoms. The molecule has 2 aromatic rings. The molecule has 1 saturated heterocycles. The minimum Gasteiger partial charge on any atom is -0.325 e. The summed E-state index contributed by atoms with van der Waals surface area (Å²) in [4.78, 5) is 18.6. The van der Waals surface area contributed by atoms with Crippen LogP contribution in [0, 0.1) is 12.7 Å². The lowest BCUT2D eigenvalue weighted by atomic mass is 10.1. The normalized spacial score (nSPS) is 18.3. The highest BCUT2D eigenvalue weighted by molar-refractivity contribution is 5.92. The molecule has 1 aliphatic heterocycles. The van der Waals surface area contributed by atoms with Crippen LogP contribution in [0.5, 0.6) is 0 Å². The van der Waals surface area contributed by atoms with E-state index in [4.69, 9.17) is 0 Å². The number of hydrogen-bond acceptors (Lipinski definition) is 4. The van der Waals surface area contributed by atoms with Crippen LogP contribution in [0.15, 0.2) is 42.7 Å². The molecule has 1 aromatic heterocycles. The molecular formula is C18H21FN4O. The number of aryl methyl sites for hydroxylation is 1. The van der Waals surface area contributed by atoms with Crippen molar-refractivity contribution in [3.05, 3.63) is 59.7 Å². The Hall–Kier alpha value is -2.31. The zero-order valence-corrected chi connectivity index (χ0v) is 13.6. The first-order valence-electron chi connectivity index (χ1n) is 8.04. The Morgan fingerprint density at radius 2 is 2.33 bits per heavy atom. The van der Waals surface area contributed by atoms with E-state index >= 15 is 0 Å². The van der Waals surface area contributed by atoms with Gasteiger partial charge in [0, 0.05) is 43.8 Å². The third-order valence-corrected chi connectivity index (χ3v) is 4.23. The molecule has 0 aliphatic carbocycles. The van der Waals surface area contributed by atoms with E-state index in [0.29, 0.717) is 11.3 Å². The lowest BCUT2D eigenvalue weighted by molar-refractivity contribution is -0.118. The number of hydrogen-bond donors (Lipinski definition) is 2. The average molecular weight is 328 g/mol. The van der Waals surface area contributed by atoms with Crippen LogP contribution in [0.4, 0.5) is 10.1 Å². The Morgan fingerprint density at radius 3 is 3.08 bits per heavy atom. The minimum absolute atomic E-state index is 0.105. The van der Waals surface area contributed by atoms with Crippen molar-refractivity contribution >= 4 is 11.6 Å². The molecule has 1 aromatic carbocycles. The molecule has 2 heterocycles. The van der Waals surface area contributed by atoms with Crippen molar-refractivity contribution in [2.24, 2.45) is 0 Å². The predicted octanol–water partition coefficient (Wildman–Crippen LogP) is 2.11. The van der Waals surface area contributed by atoms with Crippen LogP contribution in [0.2, 0.25) is 0 Å². The molecule has 2 N–H and O–H groups in total. The first-order chi connectivity index (χ1) is 11.6. The number of aromatic nitrogens is 1. The van der Waals surface area contributed by atoms with Gasteiger partial charge < -0.3 is 10.6 Å². The largest absolute Gasteiger partial charge is 0.325 e. The molecule has 1 unspecified atom stereocenters. The van der Waals surface area contributed by atoms with Crippen molar-refractivity contribution in [3.8, 4) is 0 Å². The standard InChI is InChI=1S/C18H21FN4O/c1-13-4-5-15(9-16(13)19)22-18(24)12-23-8-7-21-11-17(23)14-3-2-6-20-10-14/h2-6,9-10,17,21H,7-8,11-12H2,1H3,(H,22,24). The van der Waals surface area contributed by atoms with Gasteiger partial charge in [-0.2, -0.15) is 0 Å². The topological polar surface area (TPSA) is 57.3 Å². The number of carbonyl (C=O) groups excluding carboxylic acids is 1. The minimum atomic E-state index is -0.316. The van der Waals surface area contributed by atoms with Gasteiger partial charge in [-0.25, -0.2) is 4.39 Å². The van der Waals surface area contributed by atoms with E-state index in [1.807, 2.05) is 18.3 Å². The van der Waals surface area contributed by atoms with E-state index in [1.54, 1.807) is 25.3 Å². The zero-order chi connectivity index (χ0) is 16.9. The summed E-state index contributed by atoms with van der Waals surface area (Å²) in [6, 6.07) is 8.75. The Labute approximate surface area is 140 Å². The number of pyridine rings is 1. The van der Waals surface area contributed by atoms with Crippen LogP contribution in [-0.2, 0) is 4.79 Å². The summed E-state index contributed by atoms with van der Waals surface area (Å²) in [7, 11) is 0. The molecule has 3 rings (SSSR count). The molecule has 6 heteroatoms. The van der Waals surface area contributed by atoms with Gasteiger partial charge in [0.05, 0.1) is 6.54 Å². The predicted molar refractivity (Wildman–Crippen MR) is 91.2 cm³/mol. The number of anilines is 1. The number of nitrogens with zero attached hydrogens (tertiary/aromatic N) is 2. The molecule has 5 nitrogen and oxygen atoms in total. The van der Waals surface area contributed by atoms with Crippen molar-refractivity contribution in [2.45, 2.75) is 13.0 Å². The van der Waals surface area contributed by atoms with E-state index in [1.165, 1.54) is 6.07 Å². The third kappa shape index (κ3) is 3.96. The van der Waals surface area contributed by atoms with Crippen LogP contribution in [0.1, 0.15) is 17.2 Å². The second kappa shape index (κ2) is 7.51. The van der Waals surface area contributed by atoms with Gasteiger partial charge >= 0.3 is 0 Å². The number of carbonyl (C=O) groups is 1. The van der Waals surface area contributed by atoms with Gasteiger partial charge in [0.25, 0.3) is 0 Å². The van der Waals surface area contributed by atoms with Crippen LogP contribution in [-0.4, -0.2) is 42.0 Å². The van der Waals surface area contributed by atoms with Gasteiger partial charge in [-0.05, 0) is 36.2 Å². The fourth-order valence-electron chi connectivity index (χ4n) is 2.89. The number of nitrogens with one attached hydrogen (secondary N) is 2. The number of amides is 1. The number of piperazine rings is 1. The summed E-state index contributed by atoms with van der Waals surface area (Å²) in [5.41, 5.74) is 2.13. The summed E-state index contributed by atoms with van der Waals surface area (Å²) in [5, 5.41) is 6.12. The van der Waals surface area contributed by atoms with Gasteiger partial charge in [-0.3, -0.25) is 14.7 Å². The fourth-order valence-corrected chi connectivity index (χ4v) is 2.89. The van der Waals surface area contributed by atoms with Gasteiger partial charge in [0.2, 0.25) is 5.91 Å². The van der Waals surface area contributed by atoms with E-state index in [0.717, 1.165) is 25.2 Å². The number of halogens is 1. The molecule has 1 atom stereocenters. The van der Waals surface area contributed by atoms with E-state index < -0.39 is 0 Å². The molecule has 0 bridgehead atoms. The molecule has 126 valence electrons. The molecular weight excluding hydrogens is 307 g/mol. The van der Waals surface area contributed by atoms with Crippen LogP contribution in [0.25, 0.3) is 0 Å². The van der Waals surface area contributed by atoms with Gasteiger partial charge in [-0.1, -0.05) is 12.1 Å². The molecule has 0 saturated carbocycles. The van der Waals surface area contributed by atoms with Gasteiger partial charge in [0.15, 0.2) is 0 Å². The summed E-state index contributed by atoms with van der Waals surface area (Å²) in [6.45, 7) is 4.34. The third-order valence-electron chi connectivity index (χ3n) is 4.23. The van der Waals surface area contributed by atoms with Crippen molar-refractivity contribution < 1.29 is 9.18 Å². The van der Waals surface area contributed by atoms with Crippen molar-refractivity contribution in [1.29, 1.82) is 0 Å². The van der Waals surface area contributed by atoms with E-state index in [9.17, 15) is 9.18 Å². The average Bonchev–Trinajstić information content (AvgIpc) is 2.59.